The van der Waals surface area contributed by atoms with Gasteiger partial charge in [0.2, 0.25) is 0 Å². The summed E-state index contributed by atoms with van der Waals surface area (Å²) in [7, 11) is 0. The van der Waals surface area contributed by atoms with Crippen LogP contribution in [0.15, 0.2) is 21.9 Å². The zero-order valence-corrected chi connectivity index (χ0v) is 7.17. The van der Waals surface area contributed by atoms with Crippen LogP contribution in [0.25, 0.3) is 11.0 Å². The summed E-state index contributed by atoms with van der Waals surface area (Å²) < 4.78 is 4.52. The molecule has 1 radical (unpaired) electrons. The maximum absolute atomic E-state index is 10.4. The van der Waals surface area contributed by atoms with Crippen LogP contribution in [0.3, 0.4) is 0 Å². The molecule has 0 spiro atoms. The highest BCUT2D eigenvalue weighted by Crippen LogP contribution is 2.28. The first-order valence-electron chi connectivity index (χ1n) is 3.91. The van der Waals surface area contributed by atoms with E-state index < -0.39 is 6.04 Å². The molecule has 2 N–H and O–H groups in total. The molecule has 0 fully saturated rings. The predicted octanol–water partition coefficient (Wildman–Crippen LogP) is 1.45. The van der Waals surface area contributed by atoms with E-state index in [0.29, 0.717) is 16.6 Å². The maximum atomic E-state index is 10.4. The van der Waals surface area contributed by atoms with Gasteiger partial charge in [-0.3, -0.25) is 0 Å². The minimum Gasteiger partial charge on any atom is -0.324 e. The van der Waals surface area contributed by atoms with Crippen LogP contribution in [0.2, 0.25) is 0 Å². The Hall–Kier alpha value is -1.82. The molecule has 0 aliphatic heterocycles. The lowest BCUT2D eigenvalue weighted by Crippen LogP contribution is -2.05. The molecule has 1 aromatic carbocycles. The predicted molar refractivity (Wildman–Crippen MR) is 49.5 cm³/mol. The number of fused-ring (bicyclic) bond motifs is 1. The van der Waals surface area contributed by atoms with Gasteiger partial charge in [0.25, 0.3) is 0 Å². The number of nitroso groups, excluding NO2 is 1. The molecule has 1 unspecified atom stereocenters. The molecule has 0 saturated heterocycles. The highest BCUT2D eigenvalue weighted by atomic mass is 16.6. The number of nitrogens with two attached hydrogens (primary N) is 1. The van der Waals surface area contributed by atoms with E-state index in [1.54, 1.807) is 6.07 Å². The van der Waals surface area contributed by atoms with Gasteiger partial charge in [0, 0.05) is 11.6 Å². The summed E-state index contributed by atoms with van der Waals surface area (Å²) in [5.41, 5.74) is 7.21. The Bertz CT molecular complexity index is 477. The summed E-state index contributed by atoms with van der Waals surface area (Å²) in [5.74, 6) is 0. The summed E-state index contributed by atoms with van der Waals surface area (Å²) in [6, 6.07) is 2.71. The van der Waals surface area contributed by atoms with E-state index in [-0.39, 0.29) is 5.69 Å². The monoisotopic (exact) mass is 191 g/mol. The molecular formula is C8H7N4O2. The van der Waals surface area contributed by atoms with Crippen LogP contribution in [-0.4, -0.2) is 10.3 Å². The zero-order chi connectivity index (χ0) is 10.1. The molecule has 14 heavy (non-hydrogen) atoms. The fourth-order valence-electron chi connectivity index (χ4n) is 1.25. The van der Waals surface area contributed by atoms with Gasteiger partial charge in [-0.2, -0.15) is 0 Å². The minimum absolute atomic E-state index is 0.186. The third-order valence-corrected chi connectivity index (χ3v) is 1.92. The third-order valence-electron chi connectivity index (χ3n) is 1.92. The molecule has 0 aliphatic rings. The molecule has 2 aromatic rings. The Morgan fingerprint density at radius 1 is 1.43 bits per heavy atom. The fourth-order valence-corrected chi connectivity index (χ4v) is 1.25. The van der Waals surface area contributed by atoms with Crippen molar-refractivity contribution in [3.63, 3.8) is 0 Å². The van der Waals surface area contributed by atoms with Gasteiger partial charge in [-0.15, -0.1) is 4.91 Å². The first-order chi connectivity index (χ1) is 6.74. The van der Waals surface area contributed by atoms with Crippen LogP contribution in [0.5, 0.6) is 0 Å². The number of rotatable bonds is 2. The Morgan fingerprint density at radius 3 is 2.79 bits per heavy atom. The van der Waals surface area contributed by atoms with E-state index in [1.165, 1.54) is 6.07 Å². The van der Waals surface area contributed by atoms with E-state index in [1.807, 2.05) is 0 Å². The molecular weight excluding hydrogens is 184 g/mol. The second-order valence-corrected chi connectivity index (χ2v) is 2.83. The minimum atomic E-state index is -0.440. The Labute approximate surface area is 79.0 Å². The molecule has 6 heteroatoms. The first kappa shape index (κ1) is 8.76. The number of aromatic nitrogens is 2. The molecule has 6 nitrogen and oxygen atoms in total. The van der Waals surface area contributed by atoms with Crippen molar-refractivity contribution in [2.75, 3.05) is 0 Å². The van der Waals surface area contributed by atoms with Crippen molar-refractivity contribution in [2.24, 2.45) is 10.9 Å². The molecule has 0 amide bonds. The van der Waals surface area contributed by atoms with Gasteiger partial charge in [0.15, 0.2) is 5.52 Å². The average molecular weight is 191 g/mol. The van der Waals surface area contributed by atoms with E-state index in [4.69, 9.17) is 5.73 Å². The molecule has 1 aromatic heterocycles. The second-order valence-electron chi connectivity index (χ2n) is 2.83. The van der Waals surface area contributed by atoms with E-state index >= 15 is 0 Å². The number of nitrogens with zero attached hydrogens (tertiary/aromatic N) is 3. The lowest BCUT2D eigenvalue weighted by Gasteiger charge is -2.04. The van der Waals surface area contributed by atoms with E-state index in [0.717, 1.165) is 0 Å². The number of hydrogen-bond acceptors (Lipinski definition) is 6. The summed E-state index contributed by atoms with van der Waals surface area (Å²) in [6.07, 6.45) is 0. The van der Waals surface area contributed by atoms with Crippen LogP contribution in [-0.2, 0) is 0 Å². The Balaban J connectivity index is 2.78. The Kier molecular flexibility index (Phi) is 1.97. The highest BCUT2D eigenvalue weighted by Gasteiger charge is 2.14. The van der Waals surface area contributed by atoms with Gasteiger partial charge < -0.3 is 5.73 Å². The maximum Gasteiger partial charge on any atom is 0.164 e. The van der Waals surface area contributed by atoms with Crippen molar-refractivity contribution in [3.8, 4) is 0 Å². The summed E-state index contributed by atoms with van der Waals surface area (Å²) in [4.78, 5) is 10.4. The van der Waals surface area contributed by atoms with Crippen LogP contribution >= 0.6 is 0 Å². The lowest BCUT2D eigenvalue weighted by atomic mass is 10.1. The van der Waals surface area contributed by atoms with Gasteiger partial charge >= 0.3 is 0 Å². The summed E-state index contributed by atoms with van der Waals surface area (Å²) in [6.45, 7) is 3.65. The van der Waals surface area contributed by atoms with Gasteiger partial charge in [-0.1, -0.05) is 6.07 Å². The molecule has 1 heterocycles. The van der Waals surface area contributed by atoms with Crippen LogP contribution < -0.4 is 5.73 Å². The standard InChI is InChI=1S/C8H7N4O2/c1-4(9)5-2-3-6(10-13)8-7(5)11-14-12-8/h2-4H,1,9H2. The van der Waals surface area contributed by atoms with Crippen molar-refractivity contribution >= 4 is 16.7 Å². The summed E-state index contributed by atoms with van der Waals surface area (Å²) >= 11 is 0. The normalized spacial score (nSPS) is 13.0. The zero-order valence-electron chi connectivity index (χ0n) is 7.17. The smallest absolute Gasteiger partial charge is 0.164 e. The molecule has 0 saturated carbocycles. The molecule has 0 bridgehead atoms. The van der Waals surface area contributed by atoms with Crippen molar-refractivity contribution in [3.05, 3.63) is 29.5 Å². The number of benzene rings is 1. The second kappa shape index (κ2) is 3.15. The van der Waals surface area contributed by atoms with Crippen LogP contribution in [0.4, 0.5) is 5.69 Å². The molecule has 2 rings (SSSR count). The van der Waals surface area contributed by atoms with Gasteiger partial charge in [0.1, 0.15) is 11.2 Å². The largest absolute Gasteiger partial charge is 0.324 e. The first-order valence-corrected chi connectivity index (χ1v) is 3.91. The van der Waals surface area contributed by atoms with Crippen molar-refractivity contribution < 1.29 is 4.63 Å². The van der Waals surface area contributed by atoms with Gasteiger partial charge in [-0.25, -0.2) is 4.63 Å². The highest BCUT2D eigenvalue weighted by molar-refractivity contribution is 5.88. The van der Waals surface area contributed by atoms with Crippen molar-refractivity contribution in [2.45, 2.75) is 6.04 Å². The third kappa shape index (κ3) is 1.16. The quantitative estimate of drug-likeness (QED) is 0.725. The van der Waals surface area contributed by atoms with Crippen molar-refractivity contribution in [1.82, 2.24) is 10.3 Å². The molecule has 1 atom stereocenters. The van der Waals surface area contributed by atoms with Crippen LogP contribution in [0, 0.1) is 11.8 Å². The molecule has 71 valence electrons. The van der Waals surface area contributed by atoms with Gasteiger partial charge in [-0.05, 0) is 28.5 Å². The fraction of sp³-hybridized carbons (Fsp3) is 0.125. The Morgan fingerprint density at radius 2 is 2.14 bits per heavy atom. The van der Waals surface area contributed by atoms with Gasteiger partial charge in [0.05, 0.1) is 0 Å². The van der Waals surface area contributed by atoms with Crippen molar-refractivity contribution in [1.29, 1.82) is 0 Å². The summed E-state index contributed by atoms with van der Waals surface area (Å²) in [5, 5.41) is 10.0. The topological polar surface area (TPSA) is 94.4 Å². The van der Waals surface area contributed by atoms with E-state index in [9.17, 15) is 4.91 Å². The lowest BCUT2D eigenvalue weighted by molar-refractivity contribution is 0.315. The van der Waals surface area contributed by atoms with E-state index in [2.05, 4.69) is 27.0 Å². The van der Waals surface area contributed by atoms with Crippen LogP contribution in [0.1, 0.15) is 11.6 Å². The SMILES string of the molecule is [CH2]C(N)c1ccc(N=O)c2nonc12. The number of hydrogen-bond donors (Lipinski definition) is 1. The average Bonchev–Trinajstić information content (AvgIpc) is 2.64. The molecule has 0 aliphatic carbocycles.